The summed E-state index contributed by atoms with van der Waals surface area (Å²) < 4.78 is 5.10. The fourth-order valence-corrected chi connectivity index (χ4v) is 1.24. The van der Waals surface area contributed by atoms with Crippen LogP contribution in [0.3, 0.4) is 0 Å². The monoisotopic (exact) mass is 184 g/mol. The van der Waals surface area contributed by atoms with Gasteiger partial charge in [-0.15, -0.1) is 0 Å². The number of nitriles is 1. The molecule has 68 valence electrons. The van der Waals surface area contributed by atoms with Gasteiger partial charge in [0.1, 0.15) is 12.0 Å². The Labute approximate surface area is 81.6 Å². The second kappa shape index (κ2) is 3.35. The summed E-state index contributed by atoms with van der Waals surface area (Å²) in [5, 5.41) is 8.72. The van der Waals surface area contributed by atoms with Crippen molar-refractivity contribution in [2.45, 2.75) is 6.92 Å². The standard InChI is InChI=1S/C11H8N2O/c1-8-13-11(7-14-8)10-4-2-3-9(5-10)6-12/h2-5,7H,1H3. The molecule has 0 N–H and O–H groups in total. The van der Waals surface area contributed by atoms with Gasteiger partial charge < -0.3 is 4.42 Å². The van der Waals surface area contributed by atoms with E-state index >= 15 is 0 Å². The second-order valence-electron chi connectivity index (χ2n) is 2.94. The van der Waals surface area contributed by atoms with Gasteiger partial charge in [-0.25, -0.2) is 4.98 Å². The van der Waals surface area contributed by atoms with Crippen LogP contribution in [0.4, 0.5) is 0 Å². The van der Waals surface area contributed by atoms with Gasteiger partial charge >= 0.3 is 0 Å². The number of aryl methyl sites for hydroxylation is 1. The van der Waals surface area contributed by atoms with Crippen LogP contribution in [-0.4, -0.2) is 4.98 Å². The average Bonchev–Trinajstić information content (AvgIpc) is 2.65. The van der Waals surface area contributed by atoms with Crippen LogP contribution >= 0.6 is 0 Å². The molecule has 0 radical (unpaired) electrons. The topological polar surface area (TPSA) is 49.8 Å². The molecular formula is C11H8N2O. The lowest BCUT2D eigenvalue weighted by molar-refractivity contribution is 0.521. The summed E-state index contributed by atoms with van der Waals surface area (Å²) in [6.07, 6.45) is 1.59. The average molecular weight is 184 g/mol. The minimum absolute atomic E-state index is 0.627. The van der Waals surface area contributed by atoms with Gasteiger partial charge in [0, 0.05) is 12.5 Å². The summed E-state index contributed by atoms with van der Waals surface area (Å²) in [6, 6.07) is 9.37. The molecule has 0 amide bonds. The SMILES string of the molecule is Cc1nc(-c2cccc(C#N)c2)co1. The summed E-state index contributed by atoms with van der Waals surface area (Å²) >= 11 is 0. The Morgan fingerprint density at radius 1 is 1.43 bits per heavy atom. The quantitative estimate of drug-likeness (QED) is 0.684. The summed E-state index contributed by atoms with van der Waals surface area (Å²) in [4.78, 5) is 4.18. The van der Waals surface area contributed by atoms with Gasteiger partial charge in [0.15, 0.2) is 5.89 Å². The number of oxazole rings is 1. The molecule has 0 bridgehead atoms. The van der Waals surface area contributed by atoms with Gasteiger partial charge in [0.25, 0.3) is 0 Å². The van der Waals surface area contributed by atoms with Crippen molar-refractivity contribution in [2.24, 2.45) is 0 Å². The third-order valence-corrected chi connectivity index (χ3v) is 1.91. The van der Waals surface area contributed by atoms with Crippen molar-refractivity contribution >= 4 is 0 Å². The Morgan fingerprint density at radius 2 is 2.29 bits per heavy atom. The molecule has 0 fully saturated rings. The van der Waals surface area contributed by atoms with E-state index < -0.39 is 0 Å². The Morgan fingerprint density at radius 3 is 2.93 bits per heavy atom. The van der Waals surface area contributed by atoms with Crippen molar-refractivity contribution in [1.29, 1.82) is 5.26 Å². The third kappa shape index (κ3) is 1.50. The van der Waals surface area contributed by atoms with Crippen molar-refractivity contribution in [1.82, 2.24) is 4.98 Å². The highest BCUT2D eigenvalue weighted by Gasteiger charge is 2.03. The summed E-state index contributed by atoms with van der Waals surface area (Å²) in [6.45, 7) is 1.79. The molecule has 1 heterocycles. The molecule has 1 aromatic heterocycles. The fraction of sp³-hybridized carbons (Fsp3) is 0.0909. The van der Waals surface area contributed by atoms with Crippen molar-refractivity contribution < 1.29 is 4.42 Å². The highest BCUT2D eigenvalue weighted by atomic mass is 16.3. The first-order valence-electron chi connectivity index (χ1n) is 4.22. The minimum atomic E-state index is 0.627. The van der Waals surface area contributed by atoms with Gasteiger partial charge in [-0.05, 0) is 12.1 Å². The van der Waals surface area contributed by atoms with E-state index in [1.807, 2.05) is 12.1 Å². The van der Waals surface area contributed by atoms with E-state index in [4.69, 9.17) is 9.68 Å². The lowest BCUT2D eigenvalue weighted by Gasteiger charge is -1.94. The van der Waals surface area contributed by atoms with E-state index in [9.17, 15) is 0 Å². The van der Waals surface area contributed by atoms with Crippen molar-refractivity contribution in [2.75, 3.05) is 0 Å². The molecule has 3 nitrogen and oxygen atoms in total. The number of hydrogen-bond donors (Lipinski definition) is 0. The van der Waals surface area contributed by atoms with E-state index in [0.29, 0.717) is 11.5 Å². The van der Waals surface area contributed by atoms with E-state index in [1.54, 1.807) is 25.3 Å². The molecule has 0 unspecified atom stereocenters. The summed E-state index contributed by atoms with van der Waals surface area (Å²) in [5.74, 6) is 0.627. The predicted molar refractivity (Wildman–Crippen MR) is 51.4 cm³/mol. The lowest BCUT2D eigenvalue weighted by Crippen LogP contribution is -1.80. The fourth-order valence-electron chi connectivity index (χ4n) is 1.24. The van der Waals surface area contributed by atoms with Crippen LogP contribution in [0.25, 0.3) is 11.3 Å². The van der Waals surface area contributed by atoms with Crippen LogP contribution in [0.15, 0.2) is 34.9 Å². The highest BCUT2D eigenvalue weighted by molar-refractivity contribution is 5.60. The maximum atomic E-state index is 8.72. The summed E-state index contributed by atoms with van der Waals surface area (Å²) in [5.41, 5.74) is 2.30. The first-order chi connectivity index (χ1) is 6.79. The van der Waals surface area contributed by atoms with Gasteiger partial charge in [-0.2, -0.15) is 5.26 Å². The Balaban J connectivity index is 2.47. The molecule has 0 saturated heterocycles. The zero-order valence-corrected chi connectivity index (χ0v) is 7.69. The molecule has 14 heavy (non-hydrogen) atoms. The van der Waals surface area contributed by atoms with E-state index in [1.165, 1.54) is 0 Å². The molecule has 0 aliphatic carbocycles. The first-order valence-corrected chi connectivity index (χ1v) is 4.22. The minimum Gasteiger partial charge on any atom is -0.449 e. The molecule has 0 saturated carbocycles. The Kier molecular flexibility index (Phi) is 2.04. The maximum absolute atomic E-state index is 8.72. The molecule has 2 rings (SSSR count). The Bertz CT molecular complexity index is 494. The molecule has 0 aliphatic heterocycles. The van der Waals surface area contributed by atoms with Crippen LogP contribution in [0, 0.1) is 18.3 Å². The van der Waals surface area contributed by atoms with Crippen molar-refractivity contribution in [3.63, 3.8) is 0 Å². The van der Waals surface area contributed by atoms with Crippen molar-refractivity contribution in [3.05, 3.63) is 42.0 Å². The molecular weight excluding hydrogens is 176 g/mol. The molecule has 0 spiro atoms. The predicted octanol–water partition coefficient (Wildman–Crippen LogP) is 2.52. The number of rotatable bonds is 1. The number of nitrogens with zero attached hydrogens (tertiary/aromatic N) is 2. The first kappa shape index (κ1) is 8.52. The van der Waals surface area contributed by atoms with Crippen LogP contribution < -0.4 is 0 Å². The molecule has 2 aromatic rings. The Hall–Kier alpha value is -2.08. The van der Waals surface area contributed by atoms with E-state index in [-0.39, 0.29) is 0 Å². The van der Waals surface area contributed by atoms with Gasteiger partial charge in [0.2, 0.25) is 0 Å². The molecule has 0 atom stereocenters. The van der Waals surface area contributed by atoms with Crippen LogP contribution in [0.2, 0.25) is 0 Å². The number of hydrogen-bond acceptors (Lipinski definition) is 3. The van der Waals surface area contributed by atoms with Crippen molar-refractivity contribution in [3.8, 4) is 17.3 Å². The normalized spacial score (nSPS) is 9.71. The number of benzene rings is 1. The molecule has 1 aromatic carbocycles. The van der Waals surface area contributed by atoms with Crippen LogP contribution in [0.1, 0.15) is 11.5 Å². The number of aromatic nitrogens is 1. The van der Waals surface area contributed by atoms with Gasteiger partial charge in [-0.3, -0.25) is 0 Å². The highest BCUT2D eigenvalue weighted by Crippen LogP contribution is 2.19. The van der Waals surface area contributed by atoms with E-state index in [0.717, 1.165) is 11.3 Å². The smallest absolute Gasteiger partial charge is 0.191 e. The van der Waals surface area contributed by atoms with E-state index in [2.05, 4.69) is 11.1 Å². The zero-order valence-electron chi connectivity index (χ0n) is 7.69. The van der Waals surface area contributed by atoms with Gasteiger partial charge in [-0.1, -0.05) is 12.1 Å². The summed E-state index contributed by atoms with van der Waals surface area (Å²) in [7, 11) is 0. The van der Waals surface area contributed by atoms with Gasteiger partial charge in [0.05, 0.1) is 11.6 Å². The molecule has 0 aliphatic rings. The zero-order chi connectivity index (χ0) is 9.97. The third-order valence-electron chi connectivity index (χ3n) is 1.91. The van der Waals surface area contributed by atoms with Crippen LogP contribution in [-0.2, 0) is 0 Å². The maximum Gasteiger partial charge on any atom is 0.191 e. The van der Waals surface area contributed by atoms with Crippen LogP contribution in [0.5, 0.6) is 0 Å². The largest absolute Gasteiger partial charge is 0.449 e. The second-order valence-corrected chi connectivity index (χ2v) is 2.94. The lowest BCUT2D eigenvalue weighted by atomic mass is 10.1. The molecule has 3 heteroatoms.